The van der Waals surface area contributed by atoms with Crippen LogP contribution >= 0.6 is 0 Å². The van der Waals surface area contributed by atoms with E-state index in [2.05, 4.69) is 15.2 Å². The molecular formula is C14H12F4N4. The average molecular weight is 312 g/mol. The Morgan fingerprint density at radius 2 is 2.00 bits per heavy atom. The molecule has 4 nitrogen and oxygen atoms in total. The molecule has 0 saturated carbocycles. The number of alkyl halides is 4. The molecule has 2 aromatic heterocycles. The Bertz CT molecular complexity index is 829. The molecule has 1 unspecified atom stereocenters. The van der Waals surface area contributed by atoms with Crippen LogP contribution in [0.2, 0.25) is 0 Å². The number of H-pyrrole nitrogens is 1. The molecular weight excluding hydrogens is 300 g/mol. The van der Waals surface area contributed by atoms with Crippen LogP contribution in [0.5, 0.6) is 0 Å². The quantitative estimate of drug-likeness (QED) is 0.724. The minimum atomic E-state index is -4.62. The summed E-state index contributed by atoms with van der Waals surface area (Å²) >= 11 is 0. The summed E-state index contributed by atoms with van der Waals surface area (Å²) in [6, 6.07) is 3.30. The molecule has 0 aliphatic heterocycles. The van der Waals surface area contributed by atoms with Gasteiger partial charge in [-0.05, 0) is 31.5 Å². The SMILES string of the molecule is Cc1cc(-n2cc(C(F)(F)F)nc2C(C)F)cc2cn[nH]c12. The molecule has 3 aromatic rings. The Balaban J connectivity index is 2.22. The molecule has 2 heterocycles. The lowest BCUT2D eigenvalue weighted by molar-refractivity contribution is -0.141. The third-order valence-corrected chi connectivity index (χ3v) is 3.39. The Morgan fingerprint density at radius 3 is 2.64 bits per heavy atom. The van der Waals surface area contributed by atoms with Gasteiger partial charge in [-0.25, -0.2) is 9.37 Å². The van der Waals surface area contributed by atoms with Crippen LogP contribution in [-0.2, 0) is 6.18 Å². The van der Waals surface area contributed by atoms with Gasteiger partial charge < -0.3 is 4.57 Å². The predicted molar refractivity (Wildman–Crippen MR) is 72.5 cm³/mol. The minimum absolute atomic E-state index is 0.283. The summed E-state index contributed by atoms with van der Waals surface area (Å²) in [6.07, 6.45) is -3.88. The number of nitrogens with one attached hydrogen (secondary N) is 1. The van der Waals surface area contributed by atoms with Crippen LogP contribution in [0.1, 0.15) is 30.2 Å². The number of aromatic nitrogens is 4. The van der Waals surface area contributed by atoms with Crippen molar-refractivity contribution in [2.45, 2.75) is 26.2 Å². The summed E-state index contributed by atoms with van der Waals surface area (Å²) in [5, 5.41) is 7.43. The first kappa shape index (κ1) is 14.6. The van der Waals surface area contributed by atoms with Gasteiger partial charge in [-0.15, -0.1) is 0 Å². The zero-order chi connectivity index (χ0) is 16.1. The van der Waals surface area contributed by atoms with Gasteiger partial charge in [0.05, 0.1) is 11.7 Å². The number of fused-ring (bicyclic) bond motifs is 1. The summed E-state index contributed by atoms with van der Waals surface area (Å²) in [5.41, 5.74) is 0.880. The third kappa shape index (κ3) is 2.34. The van der Waals surface area contributed by atoms with E-state index in [4.69, 9.17) is 0 Å². The van der Waals surface area contributed by atoms with E-state index >= 15 is 0 Å². The van der Waals surface area contributed by atoms with Crippen molar-refractivity contribution in [3.05, 3.63) is 41.6 Å². The summed E-state index contributed by atoms with van der Waals surface area (Å²) in [7, 11) is 0. The zero-order valence-electron chi connectivity index (χ0n) is 11.7. The second-order valence-electron chi connectivity index (χ2n) is 5.07. The van der Waals surface area contributed by atoms with Gasteiger partial charge in [-0.2, -0.15) is 18.3 Å². The number of nitrogens with zero attached hydrogens (tertiary/aromatic N) is 3. The van der Waals surface area contributed by atoms with Gasteiger partial charge in [-0.1, -0.05) is 0 Å². The fourth-order valence-electron chi connectivity index (χ4n) is 2.37. The maximum Gasteiger partial charge on any atom is 0.434 e. The van der Waals surface area contributed by atoms with Crippen LogP contribution in [0.25, 0.3) is 16.6 Å². The monoisotopic (exact) mass is 312 g/mol. The van der Waals surface area contributed by atoms with Crippen molar-refractivity contribution in [3.8, 4) is 5.69 Å². The molecule has 8 heteroatoms. The van der Waals surface area contributed by atoms with E-state index in [1.807, 2.05) is 0 Å². The highest BCUT2D eigenvalue weighted by Gasteiger charge is 2.35. The number of hydrogen-bond acceptors (Lipinski definition) is 2. The van der Waals surface area contributed by atoms with Gasteiger partial charge >= 0.3 is 6.18 Å². The minimum Gasteiger partial charge on any atom is -0.301 e. The molecule has 0 saturated heterocycles. The molecule has 1 atom stereocenters. The number of benzene rings is 1. The lowest BCUT2D eigenvalue weighted by atomic mass is 10.1. The third-order valence-electron chi connectivity index (χ3n) is 3.39. The van der Waals surface area contributed by atoms with Crippen LogP contribution < -0.4 is 0 Å². The molecule has 0 radical (unpaired) electrons. The molecule has 3 rings (SSSR count). The van der Waals surface area contributed by atoms with Crippen LogP contribution in [0, 0.1) is 6.92 Å². The van der Waals surface area contributed by atoms with Crippen LogP contribution in [-0.4, -0.2) is 19.7 Å². The average Bonchev–Trinajstić information content (AvgIpc) is 3.04. The van der Waals surface area contributed by atoms with E-state index in [0.717, 1.165) is 34.2 Å². The van der Waals surface area contributed by atoms with Gasteiger partial charge in [0, 0.05) is 17.3 Å². The Kier molecular flexibility index (Phi) is 3.19. The molecule has 1 N–H and O–H groups in total. The van der Waals surface area contributed by atoms with Gasteiger partial charge in [0.15, 0.2) is 11.9 Å². The smallest absolute Gasteiger partial charge is 0.301 e. The summed E-state index contributed by atoms with van der Waals surface area (Å²) in [4.78, 5) is 3.39. The maximum absolute atomic E-state index is 13.7. The number of aromatic amines is 1. The standard InChI is InChI=1S/C14H12F4N4/c1-7-3-10(4-9-5-19-21-12(7)9)22-6-11(14(16,17)18)20-13(22)8(2)15/h3-6,8H,1-2H3,(H,19,21). The van der Waals surface area contributed by atoms with Crippen molar-refractivity contribution in [2.75, 3.05) is 0 Å². The first-order valence-corrected chi connectivity index (χ1v) is 6.52. The molecule has 22 heavy (non-hydrogen) atoms. The van der Waals surface area contributed by atoms with E-state index in [9.17, 15) is 17.6 Å². The molecule has 0 fully saturated rings. The van der Waals surface area contributed by atoms with E-state index in [1.165, 1.54) is 0 Å². The van der Waals surface area contributed by atoms with Gasteiger partial charge in [0.2, 0.25) is 0 Å². The van der Waals surface area contributed by atoms with Crippen LogP contribution in [0.4, 0.5) is 17.6 Å². The topological polar surface area (TPSA) is 46.5 Å². The molecule has 0 amide bonds. The first-order valence-electron chi connectivity index (χ1n) is 6.52. The van der Waals surface area contributed by atoms with E-state index in [0.29, 0.717) is 5.69 Å². The largest absolute Gasteiger partial charge is 0.434 e. The van der Waals surface area contributed by atoms with Gasteiger partial charge in [0.25, 0.3) is 0 Å². The molecule has 116 valence electrons. The lowest BCUT2D eigenvalue weighted by Crippen LogP contribution is -2.05. The van der Waals surface area contributed by atoms with E-state index in [-0.39, 0.29) is 5.82 Å². The predicted octanol–water partition coefficient (Wildman–Crippen LogP) is 4.11. The maximum atomic E-state index is 13.7. The zero-order valence-corrected chi connectivity index (χ0v) is 11.7. The second-order valence-corrected chi connectivity index (χ2v) is 5.07. The van der Waals surface area contributed by atoms with Crippen molar-refractivity contribution in [3.63, 3.8) is 0 Å². The Labute approximate surface area is 122 Å². The van der Waals surface area contributed by atoms with Gasteiger partial charge in [0.1, 0.15) is 5.82 Å². The first-order chi connectivity index (χ1) is 10.3. The molecule has 0 spiro atoms. The van der Waals surface area contributed by atoms with Gasteiger partial charge in [-0.3, -0.25) is 5.10 Å². The number of imidazole rings is 1. The normalized spacial score (nSPS) is 13.7. The summed E-state index contributed by atoms with van der Waals surface area (Å²) < 4.78 is 53.3. The molecule has 0 aliphatic carbocycles. The second kappa shape index (κ2) is 4.82. The van der Waals surface area contributed by atoms with Crippen molar-refractivity contribution in [1.29, 1.82) is 0 Å². The molecule has 0 aliphatic rings. The summed E-state index contributed by atoms with van der Waals surface area (Å²) in [5.74, 6) is -0.283. The lowest BCUT2D eigenvalue weighted by Gasteiger charge is -2.09. The van der Waals surface area contributed by atoms with E-state index < -0.39 is 18.0 Å². The van der Waals surface area contributed by atoms with Crippen molar-refractivity contribution in [1.82, 2.24) is 19.7 Å². The van der Waals surface area contributed by atoms with Crippen molar-refractivity contribution >= 4 is 10.9 Å². The molecule has 1 aromatic carbocycles. The Morgan fingerprint density at radius 1 is 1.27 bits per heavy atom. The molecule has 0 bridgehead atoms. The number of hydrogen-bond donors (Lipinski definition) is 1. The number of rotatable bonds is 2. The van der Waals surface area contributed by atoms with Crippen LogP contribution in [0.15, 0.2) is 24.5 Å². The van der Waals surface area contributed by atoms with Crippen molar-refractivity contribution < 1.29 is 17.6 Å². The highest BCUT2D eigenvalue weighted by Crippen LogP contribution is 2.32. The number of aryl methyl sites for hydroxylation is 1. The fourth-order valence-corrected chi connectivity index (χ4v) is 2.37. The van der Waals surface area contributed by atoms with Crippen molar-refractivity contribution in [2.24, 2.45) is 0 Å². The fraction of sp³-hybridized carbons (Fsp3) is 0.286. The highest BCUT2D eigenvalue weighted by molar-refractivity contribution is 5.83. The number of halogens is 4. The van der Waals surface area contributed by atoms with E-state index in [1.54, 1.807) is 25.3 Å². The summed E-state index contributed by atoms with van der Waals surface area (Å²) in [6.45, 7) is 2.95. The Hall–Kier alpha value is -2.38. The van der Waals surface area contributed by atoms with Crippen LogP contribution in [0.3, 0.4) is 0 Å². The highest BCUT2D eigenvalue weighted by atomic mass is 19.4.